The van der Waals surface area contributed by atoms with Gasteiger partial charge in [0, 0.05) is 11.3 Å². The second-order valence-corrected chi connectivity index (χ2v) is 6.33. The quantitative estimate of drug-likeness (QED) is 0.846. The van der Waals surface area contributed by atoms with E-state index in [2.05, 4.69) is 13.0 Å². The summed E-state index contributed by atoms with van der Waals surface area (Å²) in [7, 11) is 0. The molecule has 4 rings (SSSR count). The van der Waals surface area contributed by atoms with Crippen LogP contribution in [0.4, 0.5) is 5.69 Å². The molecule has 1 amide bonds. The van der Waals surface area contributed by atoms with Crippen LogP contribution < -0.4 is 4.90 Å². The summed E-state index contributed by atoms with van der Waals surface area (Å²) in [6.07, 6.45) is 2.85. The molecule has 2 aliphatic heterocycles. The first-order chi connectivity index (χ1) is 11.3. The van der Waals surface area contributed by atoms with E-state index >= 15 is 0 Å². The number of hydrogen-bond acceptors (Lipinski definition) is 2. The van der Waals surface area contributed by atoms with Crippen LogP contribution in [0.2, 0.25) is 0 Å². The maximum Gasteiger partial charge on any atom is 0.259 e. The number of unbranched alkanes of at least 4 members (excludes halogenated alkanes) is 1. The van der Waals surface area contributed by atoms with Gasteiger partial charge in [-0.1, -0.05) is 56.2 Å². The number of anilines is 1. The fraction of sp³-hybridized carbons (Fsp3) is 0.300. The highest BCUT2D eigenvalue weighted by Gasteiger charge is 2.59. The molecule has 2 aromatic carbocycles. The maximum absolute atomic E-state index is 13.1. The highest BCUT2D eigenvalue weighted by Crippen LogP contribution is 2.59. The highest BCUT2D eigenvalue weighted by atomic mass is 16.2. The minimum absolute atomic E-state index is 0.0295. The molecule has 0 aliphatic carbocycles. The number of rotatable bonds is 3. The SMILES string of the molecule is CCCC[C@]12c3ccccc3C(=O)N1c1ccccc1[C@H]2C#N. The molecular formula is C20H18N2O. The Balaban J connectivity index is 2.02. The monoisotopic (exact) mass is 302 g/mol. The molecule has 0 spiro atoms. The lowest BCUT2D eigenvalue weighted by Gasteiger charge is -2.35. The number of carbonyl (C=O) groups is 1. The van der Waals surface area contributed by atoms with Crippen LogP contribution in [0, 0.1) is 11.3 Å². The molecule has 0 aromatic heterocycles. The molecule has 0 bridgehead atoms. The summed E-state index contributed by atoms with van der Waals surface area (Å²) >= 11 is 0. The minimum atomic E-state index is -0.540. The number of carbonyl (C=O) groups excluding carboxylic acids is 1. The van der Waals surface area contributed by atoms with Crippen molar-refractivity contribution >= 4 is 11.6 Å². The van der Waals surface area contributed by atoms with Gasteiger partial charge in [0.15, 0.2) is 0 Å². The van der Waals surface area contributed by atoms with Crippen LogP contribution in [-0.4, -0.2) is 5.91 Å². The molecule has 3 heteroatoms. The zero-order chi connectivity index (χ0) is 16.0. The largest absolute Gasteiger partial charge is 0.296 e. The van der Waals surface area contributed by atoms with Gasteiger partial charge in [-0.15, -0.1) is 0 Å². The van der Waals surface area contributed by atoms with E-state index in [0.717, 1.165) is 41.6 Å². The Morgan fingerprint density at radius 1 is 1.17 bits per heavy atom. The molecule has 0 radical (unpaired) electrons. The number of nitriles is 1. The van der Waals surface area contributed by atoms with Crippen LogP contribution in [-0.2, 0) is 5.54 Å². The molecule has 3 nitrogen and oxygen atoms in total. The van der Waals surface area contributed by atoms with Gasteiger partial charge >= 0.3 is 0 Å². The van der Waals surface area contributed by atoms with Crippen LogP contribution >= 0.6 is 0 Å². The van der Waals surface area contributed by atoms with Crippen LogP contribution in [0.1, 0.15) is 53.6 Å². The molecule has 2 atom stereocenters. The summed E-state index contributed by atoms with van der Waals surface area (Å²) in [4.78, 5) is 15.0. The van der Waals surface area contributed by atoms with Gasteiger partial charge in [0.25, 0.3) is 5.91 Å². The van der Waals surface area contributed by atoms with Crippen LogP contribution in [0.25, 0.3) is 0 Å². The van der Waals surface area contributed by atoms with Gasteiger partial charge in [0.1, 0.15) is 5.92 Å². The first-order valence-corrected chi connectivity index (χ1v) is 8.18. The number of benzene rings is 2. The average molecular weight is 302 g/mol. The van der Waals surface area contributed by atoms with Crippen molar-refractivity contribution in [2.45, 2.75) is 37.6 Å². The lowest BCUT2D eigenvalue weighted by Crippen LogP contribution is -2.43. The Labute approximate surface area is 136 Å². The molecule has 0 N–H and O–H groups in total. The standard InChI is InChI=1S/C20H18N2O/c1-2-3-12-20-16-10-6-4-9-15(16)19(23)22(20)18-11-7-5-8-14(18)17(20)13-21/h4-11,17H,2-3,12H2,1H3/t17-,20-/m1/s1. The van der Waals surface area contributed by atoms with E-state index in [1.54, 1.807) is 0 Å². The molecule has 114 valence electrons. The van der Waals surface area contributed by atoms with Crippen molar-refractivity contribution in [3.63, 3.8) is 0 Å². The van der Waals surface area contributed by atoms with Gasteiger partial charge in [-0.3, -0.25) is 9.69 Å². The van der Waals surface area contributed by atoms with E-state index in [9.17, 15) is 10.1 Å². The molecule has 0 saturated carbocycles. The third-order valence-corrected chi connectivity index (χ3v) is 5.23. The zero-order valence-electron chi connectivity index (χ0n) is 13.1. The van der Waals surface area contributed by atoms with E-state index in [0.29, 0.717) is 0 Å². The van der Waals surface area contributed by atoms with Crippen LogP contribution in [0.3, 0.4) is 0 Å². The predicted molar refractivity (Wildman–Crippen MR) is 89.3 cm³/mol. The van der Waals surface area contributed by atoms with Crippen LogP contribution in [0.15, 0.2) is 48.5 Å². The van der Waals surface area contributed by atoms with Crippen molar-refractivity contribution in [2.24, 2.45) is 0 Å². The second-order valence-electron chi connectivity index (χ2n) is 6.33. The maximum atomic E-state index is 13.1. The molecule has 23 heavy (non-hydrogen) atoms. The number of amides is 1. The number of para-hydroxylation sites is 1. The van der Waals surface area contributed by atoms with Gasteiger partial charge in [0.05, 0.1) is 11.6 Å². The Morgan fingerprint density at radius 2 is 1.91 bits per heavy atom. The van der Waals surface area contributed by atoms with E-state index < -0.39 is 5.54 Å². The Morgan fingerprint density at radius 3 is 2.70 bits per heavy atom. The lowest BCUT2D eigenvalue weighted by atomic mass is 9.75. The van der Waals surface area contributed by atoms with Gasteiger partial charge in [-0.05, 0) is 29.7 Å². The van der Waals surface area contributed by atoms with E-state index in [-0.39, 0.29) is 11.8 Å². The van der Waals surface area contributed by atoms with Gasteiger partial charge in [0.2, 0.25) is 0 Å². The van der Waals surface area contributed by atoms with E-state index in [4.69, 9.17) is 0 Å². The third kappa shape index (κ3) is 1.61. The topological polar surface area (TPSA) is 44.1 Å². The fourth-order valence-corrected chi connectivity index (χ4v) is 4.28. The molecule has 2 aromatic rings. The Bertz CT molecular complexity index is 836. The van der Waals surface area contributed by atoms with Gasteiger partial charge in [-0.2, -0.15) is 5.26 Å². The van der Waals surface area contributed by atoms with Crippen molar-refractivity contribution in [2.75, 3.05) is 4.90 Å². The molecule has 2 aliphatic rings. The molecule has 0 fully saturated rings. The first kappa shape index (κ1) is 14.0. The Kier molecular flexibility index (Phi) is 3.02. The molecule has 0 unspecified atom stereocenters. The number of nitrogens with zero attached hydrogens (tertiary/aromatic N) is 2. The minimum Gasteiger partial charge on any atom is -0.296 e. The Hall–Kier alpha value is -2.60. The van der Waals surface area contributed by atoms with Crippen molar-refractivity contribution in [3.8, 4) is 6.07 Å². The number of hydrogen-bond donors (Lipinski definition) is 0. The second kappa shape index (κ2) is 4.96. The van der Waals surface area contributed by atoms with E-state index in [1.807, 2.05) is 53.4 Å². The van der Waals surface area contributed by atoms with Gasteiger partial charge in [-0.25, -0.2) is 0 Å². The highest BCUT2D eigenvalue weighted by molar-refractivity contribution is 6.14. The summed E-state index contributed by atoms with van der Waals surface area (Å²) in [5.74, 6) is -0.278. The van der Waals surface area contributed by atoms with Crippen molar-refractivity contribution < 1.29 is 4.79 Å². The normalized spacial score (nSPS) is 24.1. The zero-order valence-corrected chi connectivity index (χ0v) is 13.1. The van der Waals surface area contributed by atoms with Crippen molar-refractivity contribution in [3.05, 3.63) is 65.2 Å². The lowest BCUT2D eigenvalue weighted by molar-refractivity contribution is 0.0976. The first-order valence-electron chi connectivity index (χ1n) is 8.18. The average Bonchev–Trinajstić information content (AvgIpc) is 3.02. The summed E-state index contributed by atoms with van der Waals surface area (Å²) in [6.45, 7) is 2.15. The molecule has 2 heterocycles. The summed E-state index contributed by atoms with van der Waals surface area (Å²) < 4.78 is 0. The summed E-state index contributed by atoms with van der Waals surface area (Å²) in [6, 6.07) is 18.2. The fourth-order valence-electron chi connectivity index (χ4n) is 4.28. The van der Waals surface area contributed by atoms with E-state index in [1.165, 1.54) is 0 Å². The smallest absolute Gasteiger partial charge is 0.259 e. The van der Waals surface area contributed by atoms with Crippen LogP contribution in [0.5, 0.6) is 0 Å². The third-order valence-electron chi connectivity index (χ3n) is 5.23. The summed E-state index contributed by atoms with van der Waals surface area (Å²) in [5, 5.41) is 9.95. The van der Waals surface area contributed by atoms with Crippen molar-refractivity contribution in [1.29, 1.82) is 5.26 Å². The predicted octanol–water partition coefficient (Wildman–Crippen LogP) is 4.35. The molecular weight excluding hydrogens is 284 g/mol. The number of fused-ring (bicyclic) bond motifs is 5. The van der Waals surface area contributed by atoms with Crippen molar-refractivity contribution in [1.82, 2.24) is 0 Å². The summed E-state index contributed by atoms with van der Waals surface area (Å²) in [5.41, 5.74) is 3.10. The molecule has 0 saturated heterocycles. The van der Waals surface area contributed by atoms with Gasteiger partial charge < -0.3 is 0 Å².